The van der Waals surface area contributed by atoms with Gasteiger partial charge in [-0.25, -0.2) is 0 Å². The summed E-state index contributed by atoms with van der Waals surface area (Å²) in [5.74, 6) is 0. The Morgan fingerprint density at radius 2 is 2.38 bits per heavy atom. The molecule has 1 N–H and O–H groups in total. The molecule has 1 saturated heterocycles. The summed E-state index contributed by atoms with van der Waals surface area (Å²) >= 11 is 0. The smallest absolute Gasteiger partial charge is 0.00708 e. The Kier molecular flexibility index (Phi) is 1.90. The average molecular weight is 112 g/mol. The summed E-state index contributed by atoms with van der Waals surface area (Å²) < 4.78 is 0. The molecule has 1 radical (unpaired) electrons. The Labute approximate surface area is 51.5 Å². The molecule has 0 spiro atoms. The molecule has 2 unspecified atom stereocenters. The van der Waals surface area contributed by atoms with Crippen molar-refractivity contribution in [3.8, 4) is 0 Å². The van der Waals surface area contributed by atoms with E-state index in [-0.39, 0.29) is 0 Å². The van der Waals surface area contributed by atoms with E-state index in [0.717, 1.165) is 6.04 Å². The summed E-state index contributed by atoms with van der Waals surface area (Å²) in [4.78, 5) is 0. The highest BCUT2D eigenvalue weighted by molar-refractivity contribution is 4.83. The molecule has 0 aromatic rings. The minimum Gasteiger partial charge on any atom is -0.311 e. The summed E-state index contributed by atoms with van der Waals surface area (Å²) in [5.41, 5.74) is 0. The van der Waals surface area contributed by atoms with Gasteiger partial charge in [0, 0.05) is 12.1 Å². The first kappa shape index (κ1) is 6.09. The van der Waals surface area contributed by atoms with E-state index in [4.69, 9.17) is 0 Å². The zero-order valence-electron chi connectivity index (χ0n) is 5.48. The van der Waals surface area contributed by atoms with Crippen LogP contribution in [0.2, 0.25) is 0 Å². The monoisotopic (exact) mass is 112 g/mol. The second kappa shape index (κ2) is 2.49. The lowest BCUT2D eigenvalue weighted by Gasteiger charge is -2.06. The van der Waals surface area contributed by atoms with Crippen LogP contribution in [0.25, 0.3) is 0 Å². The lowest BCUT2D eigenvalue weighted by Crippen LogP contribution is -2.26. The van der Waals surface area contributed by atoms with Gasteiger partial charge in [-0.3, -0.25) is 0 Å². The third-order valence-electron chi connectivity index (χ3n) is 1.83. The summed E-state index contributed by atoms with van der Waals surface area (Å²) in [6, 6.07) is 1.29. The van der Waals surface area contributed by atoms with Crippen LogP contribution in [0, 0.1) is 6.92 Å². The molecule has 8 heavy (non-hydrogen) atoms. The molecule has 2 atom stereocenters. The van der Waals surface area contributed by atoms with Gasteiger partial charge in [-0.15, -0.1) is 0 Å². The zero-order valence-corrected chi connectivity index (χ0v) is 5.48. The maximum atomic E-state index is 3.92. The minimum atomic E-state index is 0.528. The molecule has 1 heteroatoms. The number of hydrogen-bond acceptors (Lipinski definition) is 1. The van der Waals surface area contributed by atoms with E-state index in [1.165, 1.54) is 19.3 Å². The van der Waals surface area contributed by atoms with Crippen molar-refractivity contribution in [2.24, 2.45) is 0 Å². The molecule has 0 amide bonds. The molecule has 1 aliphatic heterocycles. The van der Waals surface area contributed by atoms with E-state index in [2.05, 4.69) is 19.2 Å². The lowest BCUT2D eigenvalue weighted by molar-refractivity contribution is 0.564. The van der Waals surface area contributed by atoms with Gasteiger partial charge in [-0.1, -0.05) is 6.92 Å². The highest BCUT2D eigenvalue weighted by atomic mass is 15.0. The lowest BCUT2D eigenvalue weighted by atomic mass is 10.2. The Morgan fingerprint density at radius 1 is 1.62 bits per heavy atom. The van der Waals surface area contributed by atoms with Gasteiger partial charge in [0.05, 0.1) is 0 Å². The molecule has 1 aliphatic rings. The Bertz CT molecular complexity index is 70.8. The van der Waals surface area contributed by atoms with Gasteiger partial charge in [0.25, 0.3) is 0 Å². The van der Waals surface area contributed by atoms with Gasteiger partial charge in [0.1, 0.15) is 0 Å². The largest absolute Gasteiger partial charge is 0.311 e. The number of hydrogen-bond donors (Lipinski definition) is 1. The van der Waals surface area contributed by atoms with Crippen molar-refractivity contribution < 1.29 is 0 Å². The molecule has 1 fully saturated rings. The topological polar surface area (TPSA) is 12.0 Å². The van der Waals surface area contributed by atoms with Gasteiger partial charge in [0.2, 0.25) is 0 Å². The van der Waals surface area contributed by atoms with Gasteiger partial charge in [-0.2, -0.15) is 0 Å². The quantitative estimate of drug-likeness (QED) is 0.540. The molecule has 1 rings (SSSR count). The van der Waals surface area contributed by atoms with E-state index in [0.29, 0.717) is 6.04 Å². The summed E-state index contributed by atoms with van der Waals surface area (Å²) in [5, 5.41) is 3.39. The van der Waals surface area contributed by atoms with Crippen molar-refractivity contribution in [2.45, 2.75) is 38.3 Å². The van der Waals surface area contributed by atoms with Crippen LogP contribution in [0.5, 0.6) is 0 Å². The van der Waals surface area contributed by atoms with Crippen molar-refractivity contribution in [2.75, 3.05) is 0 Å². The van der Waals surface area contributed by atoms with Gasteiger partial charge in [0.15, 0.2) is 0 Å². The predicted molar refractivity (Wildman–Crippen MR) is 35.6 cm³/mol. The SMILES string of the molecule is [CH2]C1CCC(CC)N1. The van der Waals surface area contributed by atoms with Crippen LogP contribution < -0.4 is 5.32 Å². The number of nitrogens with one attached hydrogen (secondary N) is 1. The highest BCUT2D eigenvalue weighted by Gasteiger charge is 2.17. The Morgan fingerprint density at radius 3 is 2.62 bits per heavy atom. The predicted octanol–water partition coefficient (Wildman–Crippen LogP) is 1.35. The van der Waals surface area contributed by atoms with E-state index >= 15 is 0 Å². The normalized spacial score (nSPS) is 38.2. The molecule has 0 aliphatic carbocycles. The summed E-state index contributed by atoms with van der Waals surface area (Å²) in [6.07, 6.45) is 3.84. The van der Waals surface area contributed by atoms with Crippen LogP contribution in [0.1, 0.15) is 26.2 Å². The molecule has 0 aromatic heterocycles. The van der Waals surface area contributed by atoms with Crippen LogP contribution in [-0.2, 0) is 0 Å². The maximum absolute atomic E-state index is 3.92. The maximum Gasteiger partial charge on any atom is 0.00708 e. The van der Waals surface area contributed by atoms with E-state index in [9.17, 15) is 0 Å². The Balaban J connectivity index is 2.22. The first-order valence-corrected chi connectivity index (χ1v) is 3.42. The molecule has 1 nitrogen and oxygen atoms in total. The van der Waals surface area contributed by atoms with Crippen LogP contribution >= 0.6 is 0 Å². The van der Waals surface area contributed by atoms with Crippen LogP contribution in [0.3, 0.4) is 0 Å². The average Bonchev–Trinajstić information content (AvgIpc) is 2.14. The van der Waals surface area contributed by atoms with Crippen molar-refractivity contribution >= 4 is 0 Å². The van der Waals surface area contributed by atoms with Gasteiger partial charge >= 0.3 is 0 Å². The van der Waals surface area contributed by atoms with Crippen molar-refractivity contribution in [1.82, 2.24) is 5.32 Å². The number of rotatable bonds is 1. The zero-order chi connectivity index (χ0) is 5.98. The molecule has 0 bridgehead atoms. The highest BCUT2D eigenvalue weighted by Crippen LogP contribution is 2.12. The molecule has 0 aromatic carbocycles. The molecular weight excluding hydrogens is 98.1 g/mol. The van der Waals surface area contributed by atoms with Gasteiger partial charge in [-0.05, 0) is 26.2 Å². The fourth-order valence-corrected chi connectivity index (χ4v) is 1.22. The second-order valence-electron chi connectivity index (χ2n) is 2.55. The van der Waals surface area contributed by atoms with Crippen LogP contribution in [0.15, 0.2) is 0 Å². The third kappa shape index (κ3) is 1.22. The molecule has 0 saturated carbocycles. The fraction of sp³-hybridized carbons (Fsp3) is 0.857. The summed E-state index contributed by atoms with van der Waals surface area (Å²) in [7, 11) is 0. The first-order chi connectivity index (χ1) is 3.83. The fourth-order valence-electron chi connectivity index (χ4n) is 1.22. The molecule has 1 heterocycles. The van der Waals surface area contributed by atoms with Crippen molar-refractivity contribution in [3.05, 3.63) is 6.92 Å². The standard InChI is InChI=1S/C7H14N/c1-3-7-5-4-6(2)8-7/h6-8H,2-5H2,1H3. The molecular formula is C7H14N. The Hall–Kier alpha value is -0.0400. The summed E-state index contributed by atoms with van der Waals surface area (Å²) in [6.45, 7) is 6.14. The first-order valence-electron chi connectivity index (χ1n) is 3.42. The van der Waals surface area contributed by atoms with Crippen molar-refractivity contribution in [3.63, 3.8) is 0 Å². The third-order valence-corrected chi connectivity index (χ3v) is 1.83. The van der Waals surface area contributed by atoms with Crippen LogP contribution in [0.4, 0.5) is 0 Å². The van der Waals surface area contributed by atoms with E-state index in [1.807, 2.05) is 0 Å². The second-order valence-corrected chi connectivity index (χ2v) is 2.55. The van der Waals surface area contributed by atoms with Crippen LogP contribution in [-0.4, -0.2) is 12.1 Å². The van der Waals surface area contributed by atoms with E-state index in [1.54, 1.807) is 0 Å². The van der Waals surface area contributed by atoms with Crippen molar-refractivity contribution in [1.29, 1.82) is 0 Å². The van der Waals surface area contributed by atoms with E-state index < -0.39 is 0 Å². The minimum absolute atomic E-state index is 0.528. The van der Waals surface area contributed by atoms with Gasteiger partial charge < -0.3 is 5.32 Å². The molecule has 47 valence electrons.